The van der Waals surface area contributed by atoms with Crippen LogP contribution in [0.5, 0.6) is 0 Å². The smallest absolute Gasteiger partial charge is 0.242 e. The zero-order valence-electron chi connectivity index (χ0n) is 16.1. The van der Waals surface area contributed by atoms with Gasteiger partial charge in [0.15, 0.2) is 0 Å². The molecule has 0 saturated carbocycles. The molecule has 0 heterocycles. The van der Waals surface area contributed by atoms with E-state index < -0.39 is 6.04 Å². The average Bonchev–Trinajstić information content (AvgIpc) is 2.61. The van der Waals surface area contributed by atoms with E-state index in [1.807, 2.05) is 63.2 Å². The highest BCUT2D eigenvalue weighted by Crippen LogP contribution is 2.15. The summed E-state index contributed by atoms with van der Waals surface area (Å²) < 4.78 is 0. The van der Waals surface area contributed by atoms with Crippen LogP contribution in [0.1, 0.15) is 36.1 Å². The molecule has 0 aliphatic carbocycles. The first-order valence-electron chi connectivity index (χ1n) is 9.09. The molecule has 2 aromatic carbocycles. The van der Waals surface area contributed by atoms with Crippen molar-refractivity contribution in [1.82, 2.24) is 10.2 Å². The largest absolute Gasteiger partial charge is 0.355 e. The fourth-order valence-corrected chi connectivity index (χ4v) is 2.98. The van der Waals surface area contributed by atoms with Crippen LogP contribution in [0.3, 0.4) is 0 Å². The molecule has 26 heavy (non-hydrogen) atoms. The topological polar surface area (TPSA) is 49.4 Å². The summed E-state index contributed by atoms with van der Waals surface area (Å²) in [5.74, 6) is -0.169. The lowest BCUT2D eigenvalue weighted by atomic mass is 10.0. The number of carbonyl (C=O) groups is 2. The third kappa shape index (κ3) is 5.19. The Bertz CT molecular complexity index is 770. The molecular weight excluding hydrogens is 324 g/mol. The lowest BCUT2D eigenvalue weighted by molar-refractivity contribution is -0.140. The first-order valence-corrected chi connectivity index (χ1v) is 9.09. The summed E-state index contributed by atoms with van der Waals surface area (Å²) in [6, 6.07) is 15.4. The molecule has 2 aromatic rings. The molecule has 0 aromatic heterocycles. The van der Waals surface area contributed by atoms with Gasteiger partial charge in [-0.15, -0.1) is 0 Å². The third-order valence-electron chi connectivity index (χ3n) is 4.56. The van der Waals surface area contributed by atoms with Crippen LogP contribution in [0, 0.1) is 13.8 Å². The SMILES string of the molecule is CCNC(=O)C(C)N(Cc1cccc(C)c1)C(=O)Cc1ccccc1C. The van der Waals surface area contributed by atoms with E-state index in [2.05, 4.69) is 11.4 Å². The van der Waals surface area contributed by atoms with E-state index in [-0.39, 0.29) is 11.8 Å². The molecule has 0 bridgehead atoms. The second-order valence-corrected chi connectivity index (χ2v) is 6.68. The second kappa shape index (κ2) is 9.18. The van der Waals surface area contributed by atoms with Gasteiger partial charge in [-0.3, -0.25) is 9.59 Å². The minimum atomic E-state index is -0.521. The van der Waals surface area contributed by atoms with Gasteiger partial charge < -0.3 is 10.2 Å². The fraction of sp³-hybridized carbons (Fsp3) is 0.364. The highest BCUT2D eigenvalue weighted by atomic mass is 16.2. The van der Waals surface area contributed by atoms with Crippen molar-refractivity contribution in [3.63, 3.8) is 0 Å². The number of carbonyl (C=O) groups excluding carboxylic acids is 2. The van der Waals surface area contributed by atoms with Crippen LogP contribution in [-0.4, -0.2) is 29.3 Å². The molecule has 2 rings (SSSR count). The van der Waals surface area contributed by atoms with E-state index in [0.29, 0.717) is 19.5 Å². The Morgan fingerprint density at radius 1 is 1.08 bits per heavy atom. The Morgan fingerprint density at radius 3 is 2.46 bits per heavy atom. The molecule has 0 spiro atoms. The number of likely N-dealkylation sites (N-methyl/N-ethyl adjacent to an activating group) is 1. The van der Waals surface area contributed by atoms with Crippen LogP contribution in [-0.2, 0) is 22.6 Å². The van der Waals surface area contributed by atoms with Crippen molar-refractivity contribution < 1.29 is 9.59 Å². The maximum absolute atomic E-state index is 13.1. The van der Waals surface area contributed by atoms with E-state index in [0.717, 1.165) is 22.3 Å². The Morgan fingerprint density at radius 2 is 1.81 bits per heavy atom. The zero-order valence-corrected chi connectivity index (χ0v) is 16.1. The van der Waals surface area contributed by atoms with Crippen LogP contribution < -0.4 is 5.32 Å². The van der Waals surface area contributed by atoms with E-state index in [1.165, 1.54) is 0 Å². The van der Waals surface area contributed by atoms with Crippen LogP contribution in [0.25, 0.3) is 0 Å². The van der Waals surface area contributed by atoms with E-state index >= 15 is 0 Å². The molecule has 0 aliphatic rings. The van der Waals surface area contributed by atoms with Crippen LogP contribution in [0.2, 0.25) is 0 Å². The lowest BCUT2D eigenvalue weighted by Crippen LogP contribution is -2.48. The second-order valence-electron chi connectivity index (χ2n) is 6.68. The summed E-state index contributed by atoms with van der Waals surface area (Å²) in [5.41, 5.74) is 4.25. The van der Waals surface area contributed by atoms with Crippen molar-refractivity contribution in [2.75, 3.05) is 6.54 Å². The molecule has 0 aliphatic heterocycles. The monoisotopic (exact) mass is 352 g/mol. The van der Waals surface area contributed by atoms with Crippen molar-refractivity contribution in [3.8, 4) is 0 Å². The Kier molecular flexibility index (Phi) is 6.96. The third-order valence-corrected chi connectivity index (χ3v) is 4.56. The van der Waals surface area contributed by atoms with Gasteiger partial charge in [0.1, 0.15) is 6.04 Å². The van der Waals surface area contributed by atoms with Crippen molar-refractivity contribution in [2.24, 2.45) is 0 Å². The Labute approximate surface area is 156 Å². The zero-order chi connectivity index (χ0) is 19.1. The predicted molar refractivity (Wildman–Crippen MR) is 105 cm³/mol. The van der Waals surface area contributed by atoms with E-state index in [1.54, 1.807) is 11.8 Å². The Balaban J connectivity index is 2.25. The predicted octanol–water partition coefficient (Wildman–Crippen LogP) is 3.40. The number of hydrogen-bond acceptors (Lipinski definition) is 2. The summed E-state index contributed by atoms with van der Waals surface area (Å²) >= 11 is 0. The molecule has 0 saturated heterocycles. The van der Waals surface area contributed by atoms with Crippen molar-refractivity contribution >= 4 is 11.8 Å². The normalized spacial score (nSPS) is 11.7. The quantitative estimate of drug-likeness (QED) is 0.830. The minimum absolute atomic E-state index is 0.0421. The molecular formula is C22H28N2O2. The number of aryl methyl sites for hydroxylation is 2. The fourth-order valence-electron chi connectivity index (χ4n) is 2.98. The number of nitrogens with zero attached hydrogens (tertiary/aromatic N) is 1. The first-order chi connectivity index (χ1) is 12.4. The molecule has 4 heteroatoms. The Hall–Kier alpha value is -2.62. The highest BCUT2D eigenvalue weighted by molar-refractivity contribution is 5.88. The van der Waals surface area contributed by atoms with Gasteiger partial charge in [0.25, 0.3) is 0 Å². The number of nitrogens with one attached hydrogen (secondary N) is 1. The standard InChI is InChI=1S/C22H28N2O2/c1-5-23-22(26)18(4)24(15-19-11-8-9-16(2)13-19)21(25)14-20-12-7-6-10-17(20)3/h6-13,18H,5,14-15H2,1-4H3,(H,23,26). The maximum atomic E-state index is 13.1. The first kappa shape index (κ1) is 19.7. The van der Waals surface area contributed by atoms with Gasteiger partial charge >= 0.3 is 0 Å². The van der Waals surface area contributed by atoms with Gasteiger partial charge in [0.05, 0.1) is 6.42 Å². The summed E-state index contributed by atoms with van der Waals surface area (Å²) in [5, 5.41) is 2.82. The molecule has 4 nitrogen and oxygen atoms in total. The van der Waals surface area contributed by atoms with Crippen LogP contribution >= 0.6 is 0 Å². The van der Waals surface area contributed by atoms with Gasteiger partial charge in [-0.1, -0.05) is 54.1 Å². The minimum Gasteiger partial charge on any atom is -0.355 e. The summed E-state index contributed by atoms with van der Waals surface area (Å²) in [6.45, 7) is 8.66. The summed E-state index contributed by atoms with van der Waals surface area (Å²) in [7, 11) is 0. The molecule has 2 amide bonds. The average molecular weight is 352 g/mol. The molecule has 1 unspecified atom stereocenters. The van der Waals surface area contributed by atoms with Gasteiger partial charge in [-0.05, 0) is 44.4 Å². The highest BCUT2D eigenvalue weighted by Gasteiger charge is 2.26. The van der Waals surface area contributed by atoms with Crippen LogP contribution in [0.15, 0.2) is 48.5 Å². The number of amides is 2. The lowest BCUT2D eigenvalue weighted by Gasteiger charge is -2.29. The van der Waals surface area contributed by atoms with E-state index in [9.17, 15) is 9.59 Å². The molecule has 0 fully saturated rings. The summed E-state index contributed by atoms with van der Waals surface area (Å²) in [4.78, 5) is 27.1. The molecule has 0 radical (unpaired) electrons. The number of hydrogen-bond donors (Lipinski definition) is 1. The van der Waals surface area contributed by atoms with Crippen molar-refractivity contribution in [3.05, 3.63) is 70.8 Å². The van der Waals surface area contributed by atoms with Crippen molar-refractivity contribution in [1.29, 1.82) is 0 Å². The van der Waals surface area contributed by atoms with Crippen molar-refractivity contribution in [2.45, 2.75) is 46.7 Å². The molecule has 1 atom stereocenters. The molecule has 1 N–H and O–H groups in total. The number of benzene rings is 2. The van der Waals surface area contributed by atoms with Crippen LogP contribution in [0.4, 0.5) is 0 Å². The number of rotatable bonds is 7. The van der Waals surface area contributed by atoms with Gasteiger partial charge in [0, 0.05) is 13.1 Å². The van der Waals surface area contributed by atoms with Gasteiger partial charge in [0.2, 0.25) is 11.8 Å². The van der Waals surface area contributed by atoms with Gasteiger partial charge in [-0.25, -0.2) is 0 Å². The molecule has 138 valence electrons. The van der Waals surface area contributed by atoms with E-state index in [4.69, 9.17) is 0 Å². The van der Waals surface area contributed by atoms with Gasteiger partial charge in [-0.2, -0.15) is 0 Å². The summed E-state index contributed by atoms with van der Waals surface area (Å²) in [6.07, 6.45) is 0.294. The maximum Gasteiger partial charge on any atom is 0.242 e.